The summed E-state index contributed by atoms with van der Waals surface area (Å²) >= 11 is 0. The van der Waals surface area contributed by atoms with E-state index in [2.05, 4.69) is 43.1 Å². The van der Waals surface area contributed by atoms with E-state index in [0.29, 0.717) is 0 Å². The summed E-state index contributed by atoms with van der Waals surface area (Å²) < 4.78 is 0. The summed E-state index contributed by atoms with van der Waals surface area (Å²) in [6, 6.07) is 0.759. The van der Waals surface area contributed by atoms with Gasteiger partial charge in [0.25, 0.3) is 0 Å². The second kappa shape index (κ2) is 6.46. The van der Waals surface area contributed by atoms with E-state index in [4.69, 9.17) is 0 Å². The van der Waals surface area contributed by atoms with E-state index >= 15 is 0 Å². The molecule has 0 aromatic rings. The summed E-state index contributed by atoms with van der Waals surface area (Å²) in [7, 11) is 4.32. The van der Waals surface area contributed by atoms with E-state index in [1.54, 1.807) is 0 Å². The lowest BCUT2D eigenvalue weighted by Crippen LogP contribution is -2.50. The predicted molar refractivity (Wildman–Crippen MR) is 66.2 cm³/mol. The molecule has 1 fully saturated rings. The van der Waals surface area contributed by atoms with E-state index in [1.807, 2.05) is 0 Å². The molecule has 15 heavy (non-hydrogen) atoms. The van der Waals surface area contributed by atoms with E-state index in [0.717, 1.165) is 25.0 Å². The van der Waals surface area contributed by atoms with Gasteiger partial charge in [-0.2, -0.15) is 0 Å². The molecular formula is C12H27N3. The molecule has 1 aliphatic heterocycles. The third kappa shape index (κ3) is 4.49. The van der Waals surface area contributed by atoms with Crippen molar-refractivity contribution in [2.45, 2.75) is 26.3 Å². The van der Waals surface area contributed by atoms with Gasteiger partial charge in [-0.3, -0.25) is 4.90 Å². The highest BCUT2D eigenvalue weighted by molar-refractivity contribution is 4.79. The third-order valence-electron chi connectivity index (χ3n) is 3.26. The number of hydrogen-bond donors (Lipinski definition) is 1. The van der Waals surface area contributed by atoms with Crippen molar-refractivity contribution in [1.29, 1.82) is 0 Å². The second-order valence-electron chi connectivity index (χ2n) is 5.19. The number of hydrogen-bond acceptors (Lipinski definition) is 3. The fraction of sp³-hybridized carbons (Fsp3) is 1.00. The molecule has 1 N–H and O–H groups in total. The Bertz CT molecular complexity index is 162. The fourth-order valence-electron chi connectivity index (χ4n) is 2.34. The van der Waals surface area contributed by atoms with E-state index in [1.165, 1.54) is 26.1 Å². The van der Waals surface area contributed by atoms with Gasteiger partial charge in [0.05, 0.1) is 0 Å². The Kier molecular flexibility index (Phi) is 5.58. The van der Waals surface area contributed by atoms with Crippen LogP contribution in [0.15, 0.2) is 0 Å². The minimum absolute atomic E-state index is 0.759. The monoisotopic (exact) mass is 213 g/mol. The molecule has 0 aromatic carbocycles. The zero-order valence-corrected chi connectivity index (χ0v) is 10.8. The molecule has 1 aliphatic rings. The van der Waals surface area contributed by atoms with Crippen LogP contribution >= 0.6 is 0 Å². The van der Waals surface area contributed by atoms with E-state index in [-0.39, 0.29) is 0 Å². The van der Waals surface area contributed by atoms with Gasteiger partial charge in [-0.15, -0.1) is 0 Å². The molecule has 0 bridgehead atoms. The lowest BCUT2D eigenvalue weighted by molar-refractivity contribution is 0.121. The molecule has 0 aliphatic carbocycles. The first kappa shape index (κ1) is 12.9. The Balaban J connectivity index is 2.41. The first-order valence-corrected chi connectivity index (χ1v) is 6.20. The average Bonchev–Trinajstić information content (AvgIpc) is 2.18. The maximum absolute atomic E-state index is 3.42. The minimum atomic E-state index is 0.759. The normalized spacial score (nSPS) is 21.2. The van der Waals surface area contributed by atoms with Crippen molar-refractivity contribution in [1.82, 2.24) is 15.1 Å². The quantitative estimate of drug-likeness (QED) is 0.731. The van der Waals surface area contributed by atoms with Crippen LogP contribution in [0.2, 0.25) is 0 Å². The molecular weight excluding hydrogens is 186 g/mol. The van der Waals surface area contributed by atoms with E-state index < -0.39 is 0 Å². The fourth-order valence-corrected chi connectivity index (χ4v) is 2.34. The first-order chi connectivity index (χ1) is 7.11. The van der Waals surface area contributed by atoms with Crippen LogP contribution in [0.25, 0.3) is 0 Å². The Morgan fingerprint density at radius 3 is 2.27 bits per heavy atom. The largest absolute Gasteiger partial charge is 0.314 e. The van der Waals surface area contributed by atoms with Gasteiger partial charge in [0.15, 0.2) is 0 Å². The molecule has 0 saturated carbocycles. The van der Waals surface area contributed by atoms with Gasteiger partial charge >= 0.3 is 0 Å². The van der Waals surface area contributed by atoms with Crippen LogP contribution in [0.5, 0.6) is 0 Å². The van der Waals surface area contributed by atoms with Crippen molar-refractivity contribution in [3.63, 3.8) is 0 Å². The van der Waals surface area contributed by atoms with E-state index in [9.17, 15) is 0 Å². The van der Waals surface area contributed by atoms with Crippen LogP contribution in [0.3, 0.4) is 0 Å². The highest BCUT2D eigenvalue weighted by atomic mass is 15.2. The van der Waals surface area contributed by atoms with Gasteiger partial charge in [-0.05, 0) is 33.0 Å². The first-order valence-electron chi connectivity index (χ1n) is 6.20. The topological polar surface area (TPSA) is 18.5 Å². The minimum Gasteiger partial charge on any atom is -0.314 e. The summed E-state index contributed by atoms with van der Waals surface area (Å²) in [6.07, 6.45) is 1.30. The number of nitrogens with zero attached hydrogens (tertiary/aromatic N) is 2. The van der Waals surface area contributed by atoms with Crippen LogP contribution in [0.1, 0.15) is 20.3 Å². The average molecular weight is 213 g/mol. The molecule has 1 atom stereocenters. The molecule has 0 spiro atoms. The van der Waals surface area contributed by atoms with Crippen LogP contribution in [-0.4, -0.2) is 62.7 Å². The molecule has 0 aromatic heterocycles. The number of nitrogens with one attached hydrogen (secondary N) is 1. The molecule has 0 radical (unpaired) electrons. The smallest absolute Gasteiger partial charge is 0.0131 e. The molecule has 1 rings (SSSR count). The van der Waals surface area contributed by atoms with Crippen LogP contribution < -0.4 is 5.32 Å². The lowest BCUT2D eigenvalue weighted by atomic mass is 9.98. The van der Waals surface area contributed by atoms with Crippen molar-refractivity contribution in [2.24, 2.45) is 5.92 Å². The van der Waals surface area contributed by atoms with Crippen LogP contribution in [0, 0.1) is 5.92 Å². The summed E-state index contributed by atoms with van der Waals surface area (Å²) in [5.74, 6) is 0.767. The van der Waals surface area contributed by atoms with Crippen molar-refractivity contribution in [3.05, 3.63) is 0 Å². The third-order valence-corrected chi connectivity index (χ3v) is 3.26. The maximum atomic E-state index is 3.42. The molecule has 90 valence electrons. The van der Waals surface area contributed by atoms with Crippen molar-refractivity contribution < 1.29 is 0 Å². The lowest BCUT2D eigenvalue weighted by Gasteiger charge is -2.37. The van der Waals surface area contributed by atoms with Crippen LogP contribution in [-0.2, 0) is 0 Å². The zero-order valence-electron chi connectivity index (χ0n) is 10.8. The SMILES string of the molecule is CC(C)C(CCN(C)C)N1CCNCC1. The molecule has 1 heterocycles. The molecule has 1 saturated heterocycles. The zero-order chi connectivity index (χ0) is 11.3. The Hall–Kier alpha value is -0.120. The molecule has 0 amide bonds. The predicted octanol–water partition coefficient (Wildman–Crippen LogP) is 0.868. The van der Waals surface area contributed by atoms with Crippen molar-refractivity contribution in [2.75, 3.05) is 46.8 Å². The van der Waals surface area contributed by atoms with Crippen molar-refractivity contribution in [3.8, 4) is 0 Å². The Labute approximate surface area is 94.8 Å². The van der Waals surface area contributed by atoms with Crippen molar-refractivity contribution >= 4 is 0 Å². The summed E-state index contributed by atoms with van der Waals surface area (Å²) in [6.45, 7) is 10.7. The maximum Gasteiger partial charge on any atom is 0.0131 e. The van der Waals surface area contributed by atoms with Gasteiger partial charge in [0.2, 0.25) is 0 Å². The highest BCUT2D eigenvalue weighted by Crippen LogP contribution is 2.15. The standard InChI is InChI=1S/C12H27N3/c1-11(2)12(5-8-14(3)4)15-9-6-13-7-10-15/h11-13H,5-10H2,1-4H3. The van der Waals surface area contributed by atoms with Gasteiger partial charge in [-0.1, -0.05) is 13.8 Å². The summed E-state index contributed by atoms with van der Waals surface area (Å²) in [5, 5.41) is 3.42. The second-order valence-corrected chi connectivity index (χ2v) is 5.19. The highest BCUT2D eigenvalue weighted by Gasteiger charge is 2.22. The summed E-state index contributed by atoms with van der Waals surface area (Å²) in [4.78, 5) is 4.95. The Morgan fingerprint density at radius 1 is 1.20 bits per heavy atom. The molecule has 3 heteroatoms. The summed E-state index contributed by atoms with van der Waals surface area (Å²) in [5.41, 5.74) is 0. The van der Waals surface area contributed by atoms with Gasteiger partial charge in [0, 0.05) is 32.2 Å². The Morgan fingerprint density at radius 2 is 1.80 bits per heavy atom. The van der Waals surface area contributed by atoms with Gasteiger partial charge in [0.1, 0.15) is 0 Å². The number of piperazine rings is 1. The molecule has 1 unspecified atom stereocenters. The van der Waals surface area contributed by atoms with Gasteiger partial charge in [-0.25, -0.2) is 0 Å². The van der Waals surface area contributed by atoms with Gasteiger partial charge < -0.3 is 10.2 Å². The van der Waals surface area contributed by atoms with Crippen LogP contribution in [0.4, 0.5) is 0 Å². The number of rotatable bonds is 5. The molecule has 3 nitrogen and oxygen atoms in total.